The van der Waals surface area contributed by atoms with Gasteiger partial charge < -0.3 is 5.11 Å². The fourth-order valence-electron chi connectivity index (χ4n) is 3.80. The lowest BCUT2D eigenvalue weighted by molar-refractivity contribution is -0.146. The fourth-order valence-corrected chi connectivity index (χ4v) is 3.92. The molecule has 32 heavy (non-hydrogen) atoms. The molecule has 1 atom stereocenters. The van der Waals surface area contributed by atoms with Crippen LogP contribution < -0.4 is 4.90 Å². The molecule has 9 heteroatoms. The van der Waals surface area contributed by atoms with Crippen LogP contribution in [0.5, 0.6) is 0 Å². The van der Waals surface area contributed by atoms with E-state index >= 15 is 0 Å². The number of amides is 1. The molecule has 1 aromatic heterocycles. The van der Waals surface area contributed by atoms with Crippen LogP contribution in [0, 0.1) is 12.3 Å². The third kappa shape index (κ3) is 4.26. The maximum absolute atomic E-state index is 13.7. The van der Waals surface area contributed by atoms with Crippen molar-refractivity contribution in [3.05, 3.63) is 59.2 Å². The molecule has 0 saturated carbocycles. The number of anilines is 1. The summed E-state index contributed by atoms with van der Waals surface area (Å²) in [6, 6.07) is 10.5. The van der Waals surface area contributed by atoms with Gasteiger partial charge in [0.1, 0.15) is 0 Å². The zero-order valence-electron chi connectivity index (χ0n) is 17.6. The fraction of sp³-hybridized carbons (Fsp3) is 0.304. The number of fused-ring (bicyclic) bond motifs is 1. The average Bonchev–Trinajstić information content (AvgIpc) is 3.10. The largest absolute Gasteiger partial charge is 0.465 e. The van der Waals surface area contributed by atoms with Crippen LogP contribution in [0.1, 0.15) is 32.8 Å². The first-order valence-corrected chi connectivity index (χ1v) is 9.99. The Bertz CT molecular complexity index is 1190. The summed E-state index contributed by atoms with van der Waals surface area (Å²) in [4.78, 5) is 13.1. The van der Waals surface area contributed by atoms with Crippen molar-refractivity contribution in [2.75, 3.05) is 4.90 Å². The number of terminal acetylenes is 1. The van der Waals surface area contributed by atoms with Gasteiger partial charge in [-0.3, -0.25) is 4.90 Å². The van der Waals surface area contributed by atoms with E-state index in [2.05, 4.69) is 11.0 Å². The predicted molar refractivity (Wildman–Crippen MR) is 118 cm³/mol. The van der Waals surface area contributed by atoms with Gasteiger partial charge in [0.15, 0.2) is 5.54 Å². The van der Waals surface area contributed by atoms with Crippen LogP contribution in [-0.2, 0) is 5.54 Å². The number of nitrogens with zero attached hydrogens (tertiary/aromatic N) is 3. The number of aromatic nitrogens is 2. The third-order valence-corrected chi connectivity index (χ3v) is 5.32. The number of alkyl halides is 3. The molecule has 0 fully saturated rings. The Morgan fingerprint density at radius 3 is 2.31 bits per heavy atom. The average molecular weight is 464 g/mol. The molecule has 0 saturated heterocycles. The van der Waals surface area contributed by atoms with Gasteiger partial charge in [-0.15, -0.1) is 6.42 Å². The molecule has 1 amide bonds. The molecule has 3 rings (SSSR count). The number of hydrogen-bond acceptors (Lipinski definition) is 2. The zero-order chi connectivity index (χ0) is 23.9. The van der Waals surface area contributed by atoms with E-state index in [4.69, 9.17) is 18.0 Å². The molecule has 0 spiro atoms. The molecule has 0 radical (unpaired) electrons. The Balaban J connectivity index is 2.33. The highest BCUT2D eigenvalue weighted by molar-refractivity contribution is 6.30. The molecule has 0 bridgehead atoms. The van der Waals surface area contributed by atoms with Gasteiger partial charge in [0.25, 0.3) is 0 Å². The van der Waals surface area contributed by atoms with Crippen LogP contribution in [0.4, 0.5) is 23.7 Å². The van der Waals surface area contributed by atoms with Gasteiger partial charge >= 0.3 is 12.3 Å². The van der Waals surface area contributed by atoms with E-state index in [1.165, 1.54) is 30.5 Å². The maximum Gasteiger partial charge on any atom is 0.412 e. The minimum atomic E-state index is -4.61. The van der Waals surface area contributed by atoms with Gasteiger partial charge in [-0.1, -0.05) is 35.7 Å². The van der Waals surface area contributed by atoms with Crippen molar-refractivity contribution in [1.82, 2.24) is 9.78 Å². The van der Waals surface area contributed by atoms with Crippen LogP contribution >= 0.6 is 11.6 Å². The zero-order valence-corrected chi connectivity index (χ0v) is 18.4. The number of hydrogen-bond donors (Lipinski definition) is 1. The van der Waals surface area contributed by atoms with Gasteiger partial charge in [0.2, 0.25) is 0 Å². The summed E-state index contributed by atoms with van der Waals surface area (Å²) in [5.41, 5.74) is -2.06. The van der Waals surface area contributed by atoms with Crippen LogP contribution in [0.2, 0.25) is 5.02 Å². The van der Waals surface area contributed by atoms with E-state index < -0.39 is 29.8 Å². The van der Waals surface area contributed by atoms with Gasteiger partial charge in [0, 0.05) is 15.9 Å². The molecule has 3 aromatic rings. The van der Waals surface area contributed by atoms with E-state index in [1.807, 2.05) is 0 Å². The Morgan fingerprint density at radius 2 is 1.81 bits per heavy atom. The first-order valence-electron chi connectivity index (χ1n) is 9.61. The second-order valence-corrected chi connectivity index (χ2v) is 8.80. The highest BCUT2D eigenvalue weighted by atomic mass is 35.5. The van der Waals surface area contributed by atoms with Crippen LogP contribution in [0.15, 0.2) is 48.7 Å². The van der Waals surface area contributed by atoms with Crippen LogP contribution in [0.3, 0.4) is 0 Å². The Labute approximate surface area is 188 Å². The van der Waals surface area contributed by atoms with E-state index in [1.54, 1.807) is 39.0 Å². The van der Waals surface area contributed by atoms with Crippen molar-refractivity contribution >= 4 is 34.3 Å². The summed E-state index contributed by atoms with van der Waals surface area (Å²) in [6.45, 7) is 5.15. The Hall–Kier alpha value is -3.18. The quantitative estimate of drug-likeness (QED) is 0.462. The SMILES string of the molecule is C#CC(CC(F)(F)F)(c1ccc(Cl)cc1)n1ncc2c(N(C(=O)O)C(C)(C)C)cccc21. The van der Waals surface area contributed by atoms with Gasteiger partial charge in [-0.2, -0.15) is 18.3 Å². The third-order valence-electron chi connectivity index (χ3n) is 5.07. The Kier molecular flexibility index (Phi) is 5.92. The first kappa shape index (κ1) is 23.5. The van der Waals surface area contributed by atoms with Crippen molar-refractivity contribution in [2.24, 2.45) is 0 Å². The van der Waals surface area contributed by atoms with Gasteiger partial charge in [-0.25, -0.2) is 9.48 Å². The van der Waals surface area contributed by atoms with E-state index in [9.17, 15) is 23.1 Å². The highest BCUT2D eigenvalue weighted by Crippen LogP contribution is 2.41. The summed E-state index contributed by atoms with van der Waals surface area (Å²) in [6.07, 6.45) is -0.112. The van der Waals surface area contributed by atoms with E-state index in [-0.39, 0.29) is 11.1 Å². The minimum Gasteiger partial charge on any atom is -0.465 e. The van der Waals surface area contributed by atoms with E-state index in [0.29, 0.717) is 16.1 Å². The van der Waals surface area contributed by atoms with Crippen molar-refractivity contribution in [2.45, 2.75) is 44.4 Å². The van der Waals surface area contributed by atoms with Crippen molar-refractivity contribution in [1.29, 1.82) is 0 Å². The molecular formula is C23H21ClF3N3O2. The van der Waals surface area contributed by atoms with Crippen molar-refractivity contribution in [3.63, 3.8) is 0 Å². The number of rotatable bonds is 4. The summed E-state index contributed by atoms with van der Waals surface area (Å²) in [5, 5.41) is 14.7. The summed E-state index contributed by atoms with van der Waals surface area (Å²) in [7, 11) is 0. The second kappa shape index (κ2) is 8.06. The number of halogens is 4. The standard InChI is InChI=1S/C23H21ClF3N3O2/c1-5-22(14-23(25,26)27,15-9-11-16(24)12-10-15)30-19-8-6-7-18(17(19)13-28-30)29(20(31)32)21(2,3)4/h1,6-13H,14H2,2-4H3,(H,31,32). The van der Waals surface area contributed by atoms with Gasteiger partial charge in [0.05, 0.1) is 23.8 Å². The molecule has 0 aliphatic heterocycles. The van der Waals surface area contributed by atoms with Crippen molar-refractivity contribution in [3.8, 4) is 12.3 Å². The molecule has 1 unspecified atom stereocenters. The topological polar surface area (TPSA) is 58.4 Å². The van der Waals surface area contributed by atoms with E-state index in [0.717, 1.165) is 9.58 Å². The van der Waals surface area contributed by atoms with Crippen molar-refractivity contribution < 1.29 is 23.1 Å². The lowest BCUT2D eigenvalue weighted by Crippen LogP contribution is -2.45. The summed E-state index contributed by atoms with van der Waals surface area (Å²) < 4.78 is 42.3. The number of carboxylic acid groups (broad SMARTS) is 1. The highest BCUT2D eigenvalue weighted by Gasteiger charge is 2.46. The maximum atomic E-state index is 13.7. The minimum absolute atomic E-state index is 0.183. The summed E-state index contributed by atoms with van der Waals surface area (Å²) >= 11 is 5.93. The molecule has 0 aliphatic rings. The molecule has 168 valence electrons. The molecule has 2 aromatic carbocycles. The smallest absolute Gasteiger partial charge is 0.412 e. The summed E-state index contributed by atoms with van der Waals surface area (Å²) in [5.74, 6) is 2.31. The lowest BCUT2D eigenvalue weighted by atomic mass is 9.86. The molecule has 1 heterocycles. The normalized spacial score (nSPS) is 14.1. The first-order chi connectivity index (χ1) is 14.8. The molecular weight excluding hydrogens is 443 g/mol. The number of benzene rings is 2. The Morgan fingerprint density at radius 1 is 1.19 bits per heavy atom. The molecule has 0 aliphatic carbocycles. The lowest BCUT2D eigenvalue weighted by Gasteiger charge is -2.34. The van der Waals surface area contributed by atoms with Crippen LogP contribution in [-0.4, -0.2) is 32.7 Å². The van der Waals surface area contributed by atoms with Gasteiger partial charge in [-0.05, 0) is 50.6 Å². The predicted octanol–water partition coefficient (Wildman–Crippen LogP) is 6.30. The number of carbonyl (C=O) groups is 1. The molecule has 5 nitrogen and oxygen atoms in total. The molecule has 1 N–H and O–H groups in total. The van der Waals surface area contributed by atoms with Crippen LogP contribution in [0.25, 0.3) is 10.9 Å². The second-order valence-electron chi connectivity index (χ2n) is 8.36. The monoisotopic (exact) mass is 463 g/mol.